The number of aromatic hydroxyl groups is 1. The van der Waals surface area contributed by atoms with Crippen LogP contribution in [0.4, 0.5) is 4.39 Å². The van der Waals surface area contributed by atoms with Crippen LogP contribution < -0.4 is 16.2 Å². The second-order valence-corrected chi connectivity index (χ2v) is 8.88. The third-order valence-electron chi connectivity index (χ3n) is 6.49. The van der Waals surface area contributed by atoms with Crippen LogP contribution in [0.25, 0.3) is 0 Å². The molecule has 1 saturated carbocycles. The molecule has 1 aromatic heterocycles. The van der Waals surface area contributed by atoms with Crippen molar-refractivity contribution in [1.29, 1.82) is 0 Å². The van der Waals surface area contributed by atoms with Gasteiger partial charge in [0.1, 0.15) is 11.9 Å². The molecule has 1 fully saturated rings. The molecule has 2 heterocycles. The minimum atomic E-state index is -0.728. The molecule has 1 unspecified atom stereocenters. The molecule has 35 heavy (non-hydrogen) atoms. The summed E-state index contributed by atoms with van der Waals surface area (Å²) in [6.07, 6.45) is 8.19. The summed E-state index contributed by atoms with van der Waals surface area (Å²) in [5.41, 5.74) is 0.164. The topological polar surface area (TPSA) is 104 Å². The predicted molar refractivity (Wildman–Crippen MR) is 133 cm³/mol. The second-order valence-electron chi connectivity index (χ2n) is 8.88. The summed E-state index contributed by atoms with van der Waals surface area (Å²) in [6, 6.07) is 0. The minimum Gasteiger partial charge on any atom is -0.502 e. The number of nitrogens with one attached hydrogen (secondary N) is 2. The lowest BCUT2D eigenvalue weighted by atomic mass is 10.0. The van der Waals surface area contributed by atoms with E-state index < -0.39 is 23.4 Å². The van der Waals surface area contributed by atoms with Gasteiger partial charge in [-0.25, -0.2) is 4.39 Å². The van der Waals surface area contributed by atoms with Gasteiger partial charge in [0.2, 0.25) is 0 Å². The van der Waals surface area contributed by atoms with Crippen molar-refractivity contribution in [3.8, 4) is 5.75 Å². The first-order valence-corrected chi connectivity index (χ1v) is 12.3. The highest BCUT2D eigenvalue weighted by Gasteiger charge is 2.48. The van der Waals surface area contributed by atoms with Gasteiger partial charge in [0.15, 0.2) is 5.75 Å². The molecule has 0 aromatic carbocycles. The van der Waals surface area contributed by atoms with Gasteiger partial charge in [0.05, 0.1) is 11.9 Å². The van der Waals surface area contributed by atoms with Crippen LogP contribution in [0.3, 0.4) is 0 Å². The van der Waals surface area contributed by atoms with Gasteiger partial charge in [-0.15, -0.1) is 0 Å². The van der Waals surface area contributed by atoms with E-state index in [2.05, 4.69) is 24.1 Å². The van der Waals surface area contributed by atoms with Gasteiger partial charge in [-0.05, 0) is 55.4 Å². The maximum Gasteiger partial charge on any atom is 0.295 e. The maximum atomic E-state index is 13.6. The molecule has 190 valence electrons. The van der Waals surface area contributed by atoms with Gasteiger partial charge in [-0.2, -0.15) is 0 Å². The van der Waals surface area contributed by atoms with Crippen molar-refractivity contribution in [3.05, 3.63) is 63.9 Å². The van der Waals surface area contributed by atoms with Gasteiger partial charge < -0.3 is 20.6 Å². The van der Waals surface area contributed by atoms with Crippen LogP contribution in [0.15, 0.2) is 41.5 Å². The summed E-state index contributed by atoms with van der Waals surface area (Å²) in [5, 5.41) is 16.8. The molecule has 9 heteroatoms. The van der Waals surface area contributed by atoms with E-state index in [-0.39, 0.29) is 36.0 Å². The van der Waals surface area contributed by atoms with Crippen molar-refractivity contribution in [2.45, 2.75) is 52.1 Å². The number of unbranched alkanes of at least 4 members (excludes halogenated alkanes) is 1. The molecule has 3 rings (SSSR count). The molecule has 0 radical (unpaired) electrons. The molecule has 1 aliphatic carbocycles. The molecule has 3 N–H and O–H groups in total. The molecule has 0 spiro atoms. The quantitative estimate of drug-likeness (QED) is 0.294. The summed E-state index contributed by atoms with van der Waals surface area (Å²) >= 11 is 0. The predicted octanol–water partition coefficient (Wildman–Crippen LogP) is 3.20. The van der Waals surface area contributed by atoms with E-state index >= 15 is 0 Å². The zero-order valence-electron chi connectivity index (χ0n) is 20.5. The first-order chi connectivity index (χ1) is 16.9. The van der Waals surface area contributed by atoms with E-state index in [0.717, 1.165) is 32.2 Å². The number of hydrogen-bond acceptors (Lipinski definition) is 5. The van der Waals surface area contributed by atoms with E-state index in [4.69, 9.17) is 0 Å². The highest BCUT2D eigenvalue weighted by molar-refractivity contribution is 6.04. The van der Waals surface area contributed by atoms with Crippen LogP contribution in [0.1, 0.15) is 72.1 Å². The Bertz CT molecular complexity index is 1090. The van der Waals surface area contributed by atoms with E-state index in [0.29, 0.717) is 30.6 Å². The van der Waals surface area contributed by atoms with Gasteiger partial charge >= 0.3 is 0 Å². The number of pyridine rings is 1. The number of fused-ring (bicyclic) bond motifs is 1. The molecule has 1 aromatic rings. The van der Waals surface area contributed by atoms with E-state index in [1.807, 2.05) is 0 Å². The van der Waals surface area contributed by atoms with Gasteiger partial charge in [0.25, 0.3) is 17.4 Å². The number of carbonyl (C=O) groups is 2. The monoisotopic (exact) mass is 486 g/mol. The van der Waals surface area contributed by atoms with Crippen LogP contribution in [0.5, 0.6) is 5.75 Å². The third-order valence-corrected chi connectivity index (χ3v) is 6.49. The fourth-order valence-electron chi connectivity index (χ4n) is 4.55. The van der Waals surface area contributed by atoms with Crippen LogP contribution in [-0.4, -0.2) is 52.6 Å². The lowest BCUT2D eigenvalue weighted by Gasteiger charge is -2.25. The number of carbonyl (C=O) groups excluding carboxylic acids is 2. The first kappa shape index (κ1) is 26.4. The Labute approximate surface area is 205 Å². The van der Waals surface area contributed by atoms with Crippen LogP contribution in [0, 0.1) is 5.92 Å². The highest BCUT2D eigenvalue weighted by atomic mass is 19.1. The molecular formula is C26H35FN4O4. The maximum absolute atomic E-state index is 13.6. The molecular weight excluding hydrogens is 451 g/mol. The molecule has 1 aliphatic heterocycles. The van der Waals surface area contributed by atoms with Crippen LogP contribution in [0.2, 0.25) is 0 Å². The third kappa shape index (κ3) is 5.56. The number of amides is 2. The SMILES string of the molecule is C=C/C(=C\C=C\F)CNC(=O)c1c(CC)c2n(c(=O)c1O)C(C1CC1)N(CCNCCCC)C2=O. The molecule has 0 bridgehead atoms. The molecule has 0 saturated heterocycles. The van der Waals surface area contributed by atoms with E-state index in [9.17, 15) is 23.9 Å². The van der Waals surface area contributed by atoms with Crippen molar-refractivity contribution < 1.29 is 19.1 Å². The second kappa shape index (κ2) is 12.0. The molecule has 8 nitrogen and oxygen atoms in total. The van der Waals surface area contributed by atoms with E-state index in [1.54, 1.807) is 11.8 Å². The van der Waals surface area contributed by atoms with Crippen molar-refractivity contribution in [1.82, 2.24) is 20.1 Å². The molecule has 2 amide bonds. The minimum absolute atomic E-state index is 0.0158. The number of allylic oxidation sites excluding steroid dienone is 2. The Morgan fingerprint density at radius 3 is 2.60 bits per heavy atom. The van der Waals surface area contributed by atoms with Gasteiger partial charge in [-0.1, -0.05) is 39.0 Å². The Morgan fingerprint density at radius 2 is 2.00 bits per heavy atom. The van der Waals surface area contributed by atoms with E-state index in [1.165, 1.54) is 22.8 Å². The van der Waals surface area contributed by atoms with Gasteiger partial charge in [-0.3, -0.25) is 19.0 Å². The average molecular weight is 487 g/mol. The summed E-state index contributed by atoms with van der Waals surface area (Å²) < 4.78 is 13.7. The number of halogens is 1. The Morgan fingerprint density at radius 1 is 1.26 bits per heavy atom. The fourth-order valence-corrected chi connectivity index (χ4v) is 4.55. The zero-order valence-corrected chi connectivity index (χ0v) is 20.5. The van der Waals surface area contributed by atoms with Crippen LogP contribution >= 0.6 is 0 Å². The number of rotatable bonds is 13. The molecule has 1 atom stereocenters. The summed E-state index contributed by atoms with van der Waals surface area (Å²) in [6.45, 7) is 9.43. The zero-order chi connectivity index (χ0) is 25.5. The lowest BCUT2D eigenvalue weighted by Crippen LogP contribution is -2.38. The van der Waals surface area contributed by atoms with Crippen molar-refractivity contribution in [3.63, 3.8) is 0 Å². The Balaban J connectivity index is 1.95. The number of hydrogen-bond donors (Lipinski definition) is 3. The van der Waals surface area contributed by atoms with Crippen molar-refractivity contribution in [2.24, 2.45) is 5.92 Å². The smallest absolute Gasteiger partial charge is 0.295 e. The summed E-state index contributed by atoms with van der Waals surface area (Å²) in [5.74, 6) is -1.47. The number of nitrogens with zero attached hydrogens (tertiary/aromatic N) is 2. The average Bonchev–Trinajstić information content (AvgIpc) is 3.65. The van der Waals surface area contributed by atoms with Crippen molar-refractivity contribution in [2.75, 3.05) is 26.2 Å². The fraction of sp³-hybridized carbons (Fsp3) is 0.500. The Hall–Kier alpha value is -3.20. The largest absolute Gasteiger partial charge is 0.502 e. The van der Waals surface area contributed by atoms with Gasteiger partial charge in [0, 0.05) is 19.6 Å². The number of aromatic nitrogens is 1. The summed E-state index contributed by atoms with van der Waals surface area (Å²) in [7, 11) is 0. The summed E-state index contributed by atoms with van der Waals surface area (Å²) in [4.78, 5) is 41.6. The standard InChI is InChI=1S/C26H35FN4O4/c1-4-7-13-28-14-15-30-24(18-10-11-18)31-21(25(30)34)19(6-3)20(22(32)26(31)35)23(33)29-16-17(5-2)9-8-12-27/h5,8-9,12,18,24,28,32H,2,4,6-7,10-11,13-16H2,1,3H3,(H,29,33)/b12-8+,17-9+. The Kier molecular flexibility index (Phi) is 9.03. The van der Waals surface area contributed by atoms with Crippen LogP contribution in [-0.2, 0) is 6.42 Å². The molecule has 2 aliphatic rings. The normalized spacial score (nSPS) is 17.8. The highest BCUT2D eigenvalue weighted by Crippen LogP contribution is 2.46. The van der Waals surface area contributed by atoms with Crippen molar-refractivity contribution >= 4 is 11.8 Å². The first-order valence-electron chi connectivity index (χ1n) is 12.3. The lowest BCUT2D eigenvalue weighted by molar-refractivity contribution is 0.0667.